The summed E-state index contributed by atoms with van der Waals surface area (Å²) >= 11 is 0. The summed E-state index contributed by atoms with van der Waals surface area (Å²) < 4.78 is 8.24. The van der Waals surface area contributed by atoms with E-state index in [1.54, 1.807) is 0 Å². The third-order valence-corrected chi connectivity index (χ3v) is 3.77. The number of rotatable bonds is 4. The standard InChI is InChI=1S/C19H21NO/c1-14(2)20-12-16(13-21-17-7-5-4-6-8-17)18-10-9-15(3)11-19(18)20/h4-12,14H,13H2,1-3H3. The van der Waals surface area contributed by atoms with E-state index in [1.165, 1.54) is 22.0 Å². The van der Waals surface area contributed by atoms with E-state index in [0.717, 1.165) is 5.75 Å². The van der Waals surface area contributed by atoms with Crippen LogP contribution in [0.4, 0.5) is 0 Å². The van der Waals surface area contributed by atoms with Crippen LogP contribution in [0.25, 0.3) is 10.9 Å². The summed E-state index contributed by atoms with van der Waals surface area (Å²) in [6, 6.07) is 17.0. The van der Waals surface area contributed by atoms with Gasteiger partial charge in [0.25, 0.3) is 0 Å². The lowest BCUT2D eigenvalue weighted by molar-refractivity contribution is 0.307. The van der Waals surface area contributed by atoms with Gasteiger partial charge in [-0.2, -0.15) is 0 Å². The zero-order valence-corrected chi connectivity index (χ0v) is 12.8. The molecule has 0 aliphatic rings. The normalized spacial score (nSPS) is 11.2. The molecule has 3 rings (SSSR count). The monoisotopic (exact) mass is 279 g/mol. The minimum atomic E-state index is 0.444. The van der Waals surface area contributed by atoms with Crippen LogP contribution in [0.2, 0.25) is 0 Å². The van der Waals surface area contributed by atoms with Crippen molar-refractivity contribution in [2.24, 2.45) is 0 Å². The first-order chi connectivity index (χ1) is 10.1. The number of hydrogen-bond acceptors (Lipinski definition) is 1. The molecule has 21 heavy (non-hydrogen) atoms. The van der Waals surface area contributed by atoms with Crippen molar-refractivity contribution in [2.75, 3.05) is 0 Å². The smallest absolute Gasteiger partial charge is 0.119 e. The Kier molecular flexibility index (Phi) is 3.70. The molecule has 0 amide bonds. The molecule has 3 aromatic rings. The Hall–Kier alpha value is -2.22. The van der Waals surface area contributed by atoms with E-state index >= 15 is 0 Å². The molecular formula is C19H21NO. The van der Waals surface area contributed by atoms with E-state index in [-0.39, 0.29) is 0 Å². The first-order valence-corrected chi connectivity index (χ1v) is 7.43. The van der Waals surface area contributed by atoms with E-state index < -0.39 is 0 Å². The maximum atomic E-state index is 5.91. The third kappa shape index (κ3) is 2.80. The minimum absolute atomic E-state index is 0.444. The molecule has 0 unspecified atom stereocenters. The van der Waals surface area contributed by atoms with Crippen LogP contribution in [0, 0.1) is 6.92 Å². The largest absolute Gasteiger partial charge is 0.489 e. The first kappa shape index (κ1) is 13.7. The Morgan fingerprint density at radius 2 is 1.81 bits per heavy atom. The molecule has 0 saturated heterocycles. The number of benzene rings is 2. The van der Waals surface area contributed by atoms with Crippen molar-refractivity contribution in [2.45, 2.75) is 33.4 Å². The maximum absolute atomic E-state index is 5.91. The highest BCUT2D eigenvalue weighted by Crippen LogP contribution is 2.26. The Balaban J connectivity index is 1.95. The summed E-state index contributed by atoms with van der Waals surface area (Å²) in [7, 11) is 0. The van der Waals surface area contributed by atoms with Gasteiger partial charge in [-0.3, -0.25) is 0 Å². The number of fused-ring (bicyclic) bond motifs is 1. The summed E-state index contributed by atoms with van der Waals surface area (Å²) in [5.74, 6) is 0.912. The molecule has 0 aliphatic carbocycles. The number of ether oxygens (including phenoxy) is 1. The topological polar surface area (TPSA) is 14.2 Å². The lowest BCUT2D eigenvalue weighted by Gasteiger charge is -2.09. The second-order valence-corrected chi connectivity index (χ2v) is 5.78. The molecule has 1 aromatic heterocycles. The van der Waals surface area contributed by atoms with Crippen molar-refractivity contribution in [3.8, 4) is 5.75 Å². The van der Waals surface area contributed by atoms with Crippen LogP contribution in [0.1, 0.15) is 31.0 Å². The molecule has 0 radical (unpaired) electrons. The summed E-state index contributed by atoms with van der Waals surface area (Å²) in [6.07, 6.45) is 2.22. The van der Waals surface area contributed by atoms with Crippen LogP contribution in [-0.4, -0.2) is 4.57 Å². The molecule has 108 valence electrons. The highest BCUT2D eigenvalue weighted by Gasteiger charge is 2.11. The molecule has 2 aromatic carbocycles. The van der Waals surface area contributed by atoms with Crippen molar-refractivity contribution in [3.05, 3.63) is 65.9 Å². The number of para-hydroxylation sites is 1. The third-order valence-electron chi connectivity index (χ3n) is 3.77. The van der Waals surface area contributed by atoms with Gasteiger partial charge < -0.3 is 9.30 Å². The molecular weight excluding hydrogens is 258 g/mol. The van der Waals surface area contributed by atoms with Crippen LogP contribution in [0.5, 0.6) is 5.75 Å². The maximum Gasteiger partial charge on any atom is 0.119 e. The Morgan fingerprint density at radius 1 is 1.05 bits per heavy atom. The van der Waals surface area contributed by atoms with Crippen LogP contribution in [0.3, 0.4) is 0 Å². The van der Waals surface area contributed by atoms with Crippen molar-refractivity contribution in [3.63, 3.8) is 0 Å². The highest BCUT2D eigenvalue weighted by molar-refractivity contribution is 5.84. The predicted octanol–water partition coefficient (Wildman–Crippen LogP) is 5.11. The van der Waals surface area contributed by atoms with E-state index in [9.17, 15) is 0 Å². The summed E-state index contributed by atoms with van der Waals surface area (Å²) in [6.45, 7) is 7.16. The summed E-state index contributed by atoms with van der Waals surface area (Å²) in [5.41, 5.74) is 3.82. The SMILES string of the molecule is Cc1ccc2c(COc3ccccc3)cn(C(C)C)c2c1. The second-order valence-electron chi connectivity index (χ2n) is 5.78. The van der Waals surface area contributed by atoms with Gasteiger partial charge in [0.1, 0.15) is 12.4 Å². The van der Waals surface area contributed by atoms with Crippen LogP contribution in [-0.2, 0) is 6.61 Å². The number of hydrogen-bond donors (Lipinski definition) is 0. The predicted molar refractivity (Wildman–Crippen MR) is 87.8 cm³/mol. The van der Waals surface area contributed by atoms with Gasteiger partial charge >= 0.3 is 0 Å². The van der Waals surface area contributed by atoms with Crippen molar-refractivity contribution >= 4 is 10.9 Å². The van der Waals surface area contributed by atoms with Gasteiger partial charge in [-0.1, -0.05) is 30.3 Å². The van der Waals surface area contributed by atoms with Crippen LogP contribution >= 0.6 is 0 Å². The zero-order valence-electron chi connectivity index (χ0n) is 12.8. The van der Waals surface area contributed by atoms with E-state index in [2.05, 4.69) is 49.7 Å². The van der Waals surface area contributed by atoms with E-state index in [1.807, 2.05) is 30.3 Å². The molecule has 0 N–H and O–H groups in total. The quantitative estimate of drug-likeness (QED) is 0.647. The molecule has 2 nitrogen and oxygen atoms in total. The molecule has 0 aliphatic heterocycles. The Morgan fingerprint density at radius 3 is 2.52 bits per heavy atom. The van der Waals surface area contributed by atoms with Crippen molar-refractivity contribution < 1.29 is 4.74 Å². The Bertz CT molecular complexity index is 741. The van der Waals surface area contributed by atoms with Gasteiger partial charge in [-0.15, -0.1) is 0 Å². The van der Waals surface area contributed by atoms with Gasteiger partial charge in [-0.05, 0) is 44.5 Å². The van der Waals surface area contributed by atoms with Gasteiger partial charge in [0.05, 0.1) is 0 Å². The highest BCUT2D eigenvalue weighted by atomic mass is 16.5. The molecule has 2 heteroatoms. The van der Waals surface area contributed by atoms with Gasteiger partial charge in [0, 0.05) is 28.7 Å². The fourth-order valence-corrected chi connectivity index (χ4v) is 2.65. The zero-order chi connectivity index (χ0) is 14.8. The molecule has 1 heterocycles. The lowest BCUT2D eigenvalue weighted by Crippen LogP contribution is -1.98. The molecule has 0 atom stereocenters. The molecule has 0 saturated carbocycles. The second kappa shape index (κ2) is 5.65. The summed E-state index contributed by atoms with van der Waals surface area (Å²) in [5, 5.41) is 1.28. The van der Waals surface area contributed by atoms with Crippen LogP contribution < -0.4 is 4.74 Å². The molecule has 0 spiro atoms. The van der Waals surface area contributed by atoms with Gasteiger partial charge in [0.15, 0.2) is 0 Å². The van der Waals surface area contributed by atoms with E-state index in [0.29, 0.717) is 12.6 Å². The molecule has 0 fully saturated rings. The first-order valence-electron chi connectivity index (χ1n) is 7.43. The summed E-state index contributed by atoms with van der Waals surface area (Å²) in [4.78, 5) is 0. The van der Waals surface area contributed by atoms with Crippen LogP contribution in [0.15, 0.2) is 54.7 Å². The average molecular weight is 279 g/mol. The minimum Gasteiger partial charge on any atom is -0.489 e. The Labute approximate surface area is 126 Å². The van der Waals surface area contributed by atoms with E-state index in [4.69, 9.17) is 4.74 Å². The van der Waals surface area contributed by atoms with Gasteiger partial charge in [0.2, 0.25) is 0 Å². The lowest BCUT2D eigenvalue weighted by atomic mass is 10.1. The number of aryl methyl sites for hydroxylation is 1. The van der Waals surface area contributed by atoms with Crippen molar-refractivity contribution in [1.82, 2.24) is 4.57 Å². The number of nitrogens with zero attached hydrogens (tertiary/aromatic N) is 1. The molecule has 0 bridgehead atoms. The average Bonchev–Trinajstić information content (AvgIpc) is 2.84. The van der Waals surface area contributed by atoms with Gasteiger partial charge in [-0.25, -0.2) is 0 Å². The fraction of sp³-hybridized carbons (Fsp3) is 0.263. The van der Waals surface area contributed by atoms with Crippen molar-refractivity contribution in [1.29, 1.82) is 0 Å². The fourth-order valence-electron chi connectivity index (χ4n) is 2.65. The number of aromatic nitrogens is 1.